The SMILES string of the molecule is Cc1cncc(-c2cccc(C=O)c2C)c1. The summed E-state index contributed by atoms with van der Waals surface area (Å²) in [5.41, 5.74) is 4.99. The molecule has 0 aliphatic carbocycles. The van der Waals surface area contributed by atoms with Gasteiger partial charge in [0.1, 0.15) is 6.29 Å². The van der Waals surface area contributed by atoms with Gasteiger partial charge in [0.2, 0.25) is 0 Å². The van der Waals surface area contributed by atoms with Crippen molar-refractivity contribution in [2.45, 2.75) is 13.8 Å². The maximum absolute atomic E-state index is 10.9. The van der Waals surface area contributed by atoms with E-state index in [-0.39, 0.29) is 0 Å². The number of aromatic nitrogens is 1. The predicted molar refractivity (Wildman–Crippen MR) is 64.5 cm³/mol. The van der Waals surface area contributed by atoms with Crippen LogP contribution in [0.4, 0.5) is 0 Å². The van der Waals surface area contributed by atoms with Crippen LogP contribution in [0.1, 0.15) is 21.5 Å². The number of rotatable bonds is 2. The Balaban J connectivity index is 2.60. The van der Waals surface area contributed by atoms with Gasteiger partial charge < -0.3 is 0 Å². The van der Waals surface area contributed by atoms with Crippen molar-refractivity contribution in [2.75, 3.05) is 0 Å². The molecule has 2 rings (SSSR count). The van der Waals surface area contributed by atoms with Gasteiger partial charge in [-0.25, -0.2) is 0 Å². The third-order valence-electron chi connectivity index (χ3n) is 2.69. The van der Waals surface area contributed by atoms with E-state index in [1.807, 2.05) is 44.4 Å². The normalized spacial score (nSPS) is 10.1. The first kappa shape index (κ1) is 10.6. The molecule has 0 bridgehead atoms. The Hall–Kier alpha value is -1.96. The summed E-state index contributed by atoms with van der Waals surface area (Å²) in [5, 5.41) is 0. The molecule has 0 fully saturated rings. The number of aldehydes is 1. The monoisotopic (exact) mass is 211 g/mol. The highest BCUT2D eigenvalue weighted by atomic mass is 16.1. The molecule has 16 heavy (non-hydrogen) atoms. The van der Waals surface area contributed by atoms with Gasteiger partial charge in [-0.05, 0) is 36.6 Å². The number of aryl methyl sites for hydroxylation is 1. The van der Waals surface area contributed by atoms with E-state index in [0.717, 1.165) is 34.1 Å². The van der Waals surface area contributed by atoms with Gasteiger partial charge in [-0.3, -0.25) is 9.78 Å². The van der Waals surface area contributed by atoms with Crippen LogP contribution in [0.15, 0.2) is 36.7 Å². The molecular formula is C14H13NO. The predicted octanol–water partition coefficient (Wildman–Crippen LogP) is 3.18. The van der Waals surface area contributed by atoms with E-state index in [1.54, 1.807) is 0 Å². The van der Waals surface area contributed by atoms with Crippen molar-refractivity contribution in [2.24, 2.45) is 0 Å². The third-order valence-corrected chi connectivity index (χ3v) is 2.69. The molecule has 0 saturated carbocycles. The van der Waals surface area contributed by atoms with E-state index >= 15 is 0 Å². The average molecular weight is 211 g/mol. The van der Waals surface area contributed by atoms with E-state index in [4.69, 9.17) is 0 Å². The molecular weight excluding hydrogens is 198 g/mol. The van der Waals surface area contributed by atoms with E-state index in [0.29, 0.717) is 0 Å². The number of hydrogen-bond donors (Lipinski definition) is 0. The summed E-state index contributed by atoms with van der Waals surface area (Å²) >= 11 is 0. The molecule has 0 amide bonds. The number of carbonyl (C=O) groups is 1. The summed E-state index contributed by atoms with van der Waals surface area (Å²) < 4.78 is 0. The maximum Gasteiger partial charge on any atom is 0.150 e. The van der Waals surface area contributed by atoms with Crippen LogP contribution in [0, 0.1) is 13.8 Å². The summed E-state index contributed by atoms with van der Waals surface area (Å²) in [6.07, 6.45) is 4.54. The van der Waals surface area contributed by atoms with Crippen LogP contribution in [0.25, 0.3) is 11.1 Å². The first-order valence-electron chi connectivity index (χ1n) is 5.19. The standard InChI is InChI=1S/C14H13NO/c1-10-6-13(8-15-7-10)14-5-3-4-12(9-16)11(14)2/h3-9H,1-2H3. The summed E-state index contributed by atoms with van der Waals surface area (Å²) in [6.45, 7) is 3.97. The molecule has 0 atom stereocenters. The highest BCUT2D eigenvalue weighted by Gasteiger charge is 2.05. The molecule has 1 heterocycles. The van der Waals surface area contributed by atoms with Crippen LogP contribution in [0.2, 0.25) is 0 Å². The van der Waals surface area contributed by atoms with E-state index in [9.17, 15) is 4.79 Å². The number of carbonyl (C=O) groups excluding carboxylic acids is 1. The smallest absolute Gasteiger partial charge is 0.150 e. The van der Waals surface area contributed by atoms with Gasteiger partial charge in [0.15, 0.2) is 0 Å². The second-order valence-corrected chi connectivity index (χ2v) is 3.89. The van der Waals surface area contributed by atoms with Crippen molar-refractivity contribution >= 4 is 6.29 Å². The molecule has 0 spiro atoms. The van der Waals surface area contributed by atoms with E-state index in [1.165, 1.54) is 0 Å². The number of pyridine rings is 1. The number of hydrogen-bond acceptors (Lipinski definition) is 2. The van der Waals surface area contributed by atoms with Gasteiger partial charge in [-0.1, -0.05) is 18.2 Å². The molecule has 0 aliphatic heterocycles. The second kappa shape index (κ2) is 4.27. The Morgan fingerprint density at radius 2 is 2.00 bits per heavy atom. The Kier molecular flexibility index (Phi) is 2.82. The van der Waals surface area contributed by atoms with Crippen molar-refractivity contribution in [3.05, 3.63) is 53.3 Å². The quantitative estimate of drug-likeness (QED) is 0.714. The lowest BCUT2D eigenvalue weighted by molar-refractivity contribution is 0.112. The fraction of sp³-hybridized carbons (Fsp3) is 0.143. The first-order valence-corrected chi connectivity index (χ1v) is 5.19. The highest BCUT2D eigenvalue weighted by Crippen LogP contribution is 2.24. The molecule has 0 radical (unpaired) electrons. The second-order valence-electron chi connectivity index (χ2n) is 3.89. The molecule has 80 valence electrons. The lowest BCUT2D eigenvalue weighted by atomic mass is 9.97. The van der Waals surface area contributed by atoms with Crippen molar-refractivity contribution < 1.29 is 4.79 Å². The first-order chi connectivity index (χ1) is 7.72. The number of benzene rings is 1. The van der Waals surface area contributed by atoms with Gasteiger partial charge in [-0.15, -0.1) is 0 Å². The van der Waals surface area contributed by atoms with Crippen molar-refractivity contribution in [1.82, 2.24) is 4.98 Å². The molecule has 2 nitrogen and oxygen atoms in total. The fourth-order valence-corrected chi connectivity index (χ4v) is 1.80. The van der Waals surface area contributed by atoms with Crippen LogP contribution in [0.5, 0.6) is 0 Å². The van der Waals surface area contributed by atoms with Gasteiger partial charge >= 0.3 is 0 Å². The van der Waals surface area contributed by atoms with Crippen LogP contribution in [0.3, 0.4) is 0 Å². The van der Waals surface area contributed by atoms with Crippen molar-refractivity contribution in [3.63, 3.8) is 0 Å². The third kappa shape index (κ3) is 1.87. The summed E-state index contributed by atoms with van der Waals surface area (Å²) in [7, 11) is 0. The van der Waals surface area contributed by atoms with E-state index in [2.05, 4.69) is 11.1 Å². The molecule has 0 N–H and O–H groups in total. The fourth-order valence-electron chi connectivity index (χ4n) is 1.80. The highest BCUT2D eigenvalue weighted by molar-refractivity contribution is 5.82. The summed E-state index contributed by atoms with van der Waals surface area (Å²) in [4.78, 5) is 15.0. The van der Waals surface area contributed by atoms with Crippen molar-refractivity contribution in [3.8, 4) is 11.1 Å². The molecule has 0 saturated heterocycles. The Morgan fingerprint density at radius 1 is 1.19 bits per heavy atom. The Morgan fingerprint density at radius 3 is 2.69 bits per heavy atom. The van der Waals surface area contributed by atoms with Gasteiger partial charge in [0.25, 0.3) is 0 Å². The Bertz CT molecular complexity index is 532. The molecule has 1 aromatic carbocycles. The lowest BCUT2D eigenvalue weighted by Crippen LogP contribution is -1.91. The number of nitrogens with zero attached hydrogens (tertiary/aromatic N) is 1. The largest absolute Gasteiger partial charge is 0.298 e. The van der Waals surface area contributed by atoms with Crippen LogP contribution in [-0.2, 0) is 0 Å². The lowest BCUT2D eigenvalue weighted by Gasteiger charge is -2.08. The average Bonchev–Trinajstić information content (AvgIpc) is 2.29. The van der Waals surface area contributed by atoms with Gasteiger partial charge in [0, 0.05) is 23.5 Å². The molecule has 2 heteroatoms. The maximum atomic E-state index is 10.9. The zero-order chi connectivity index (χ0) is 11.5. The minimum atomic E-state index is 0.735. The van der Waals surface area contributed by atoms with Gasteiger partial charge in [-0.2, -0.15) is 0 Å². The molecule has 1 aromatic heterocycles. The zero-order valence-corrected chi connectivity index (χ0v) is 9.40. The summed E-state index contributed by atoms with van der Waals surface area (Å²) in [5.74, 6) is 0. The minimum absolute atomic E-state index is 0.735. The molecule has 0 unspecified atom stereocenters. The summed E-state index contributed by atoms with van der Waals surface area (Å²) in [6, 6.07) is 7.81. The topological polar surface area (TPSA) is 30.0 Å². The van der Waals surface area contributed by atoms with Crippen LogP contribution in [-0.4, -0.2) is 11.3 Å². The molecule has 2 aromatic rings. The molecule has 0 aliphatic rings. The Labute approximate surface area is 95.0 Å². The van der Waals surface area contributed by atoms with Crippen molar-refractivity contribution in [1.29, 1.82) is 0 Å². The van der Waals surface area contributed by atoms with Gasteiger partial charge in [0.05, 0.1) is 0 Å². The van der Waals surface area contributed by atoms with Crippen LogP contribution < -0.4 is 0 Å². The van der Waals surface area contributed by atoms with Crippen LogP contribution >= 0.6 is 0 Å². The van der Waals surface area contributed by atoms with E-state index < -0.39 is 0 Å². The zero-order valence-electron chi connectivity index (χ0n) is 9.40. The minimum Gasteiger partial charge on any atom is -0.298 e.